The van der Waals surface area contributed by atoms with Gasteiger partial charge in [-0.1, -0.05) is 0 Å². The topological polar surface area (TPSA) is 109 Å². The van der Waals surface area contributed by atoms with Gasteiger partial charge in [0.1, 0.15) is 17.9 Å². The van der Waals surface area contributed by atoms with E-state index >= 15 is 0 Å². The van der Waals surface area contributed by atoms with Gasteiger partial charge < -0.3 is 15.6 Å². The third kappa shape index (κ3) is 2.65. The number of aliphatic carboxylic acids is 1. The molecule has 1 heterocycles. The molecule has 0 spiro atoms. The van der Waals surface area contributed by atoms with Crippen LogP contribution in [0.25, 0.3) is 10.2 Å². The number of thiazole rings is 1. The third-order valence-electron chi connectivity index (χ3n) is 2.64. The average molecular weight is 277 g/mol. The summed E-state index contributed by atoms with van der Waals surface area (Å²) in [6.07, 6.45) is 0.147. The Bertz CT molecular complexity index is 675. The maximum absolute atomic E-state index is 10.8. The van der Waals surface area contributed by atoms with E-state index in [9.17, 15) is 4.79 Å². The largest absolute Gasteiger partial charge is 0.496 e. The van der Waals surface area contributed by atoms with Gasteiger partial charge in [0.25, 0.3) is 0 Å². The van der Waals surface area contributed by atoms with Crippen LogP contribution in [0, 0.1) is 11.3 Å². The number of aromatic nitrogens is 1. The SMILES string of the molecule is COc1cc2sc(C#N)nc2cc1CC(N)C(=O)O. The second-order valence-electron chi connectivity index (χ2n) is 3.91. The third-order valence-corrected chi connectivity index (χ3v) is 3.57. The zero-order chi connectivity index (χ0) is 14.0. The smallest absolute Gasteiger partial charge is 0.320 e. The van der Waals surface area contributed by atoms with Crippen molar-refractivity contribution in [1.29, 1.82) is 5.26 Å². The predicted octanol–water partition coefficient (Wildman–Crippen LogP) is 1.13. The van der Waals surface area contributed by atoms with Crippen molar-refractivity contribution in [1.82, 2.24) is 4.98 Å². The van der Waals surface area contributed by atoms with Gasteiger partial charge in [-0.3, -0.25) is 4.79 Å². The predicted molar refractivity (Wildman–Crippen MR) is 70.2 cm³/mol. The molecule has 0 bridgehead atoms. The second kappa shape index (κ2) is 5.22. The van der Waals surface area contributed by atoms with Crippen molar-refractivity contribution in [3.63, 3.8) is 0 Å². The van der Waals surface area contributed by atoms with Gasteiger partial charge in [0, 0.05) is 6.42 Å². The van der Waals surface area contributed by atoms with E-state index in [1.165, 1.54) is 18.4 Å². The molecule has 7 heteroatoms. The fourth-order valence-corrected chi connectivity index (χ4v) is 2.49. The highest BCUT2D eigenvalue weighted by Crippen LogP contribution is 2.30. The molecular formula is C12H11N3O3S. The van der Waals surface area contributed by atoms with E-state index in [0.29, 0.717) is 21.8 Å². The zero-order valence-corrected chi connectivity index (χ0v) is 10.9. The molecular weight excluding hydrogens is 266 g/mol. The molecule has 0 aliphatic carbocycles. The van der Waals surface area contributed by atoms with Gasteiger partial charge in [0.2, 0.25) is 0 Å². The van der Waals surface area contributed by atoms with E-state index in [0.717, 1.165) is 4.70 Å². The van der Waals surface area contributed by atoms with Crippen LogP contribution < -0.4 is 10.5 Å². The molecule has 98 valence electrons. The first-order valence-corrected chi connectivity index (χ1v) is 6.22. The fourth-order valence-electron chi connectivity index (χ4n) is 1.72. The standard InChI is InChI=1S/C12H11N3O3S/c1-18-9-4-10-8(15-11(5-13)19-10)3-6(9)2-7(14)12(16)17/h3-4,7H,2,14H2,1H3,(H,16,17). The quantitative estimate of drug-likeness (QED) is 0.867. The van der Waals surface area contributed by atoms with Crippen molar-refractivity contribution >= 4 is 27.5 Å². The van der Waals surface area contributed by atoms with Crippen LogP contribution in [0.1, 0.15) is 10.6 Å². The summed E-state index contributed by atoms with van der Waals surface area (Å²) in [5.41, 5.74) is 6.84. The first kappa shape index (κ1) is 13.3. The van der Waals surface area contributed by atoms with E-state index < -0.39 is 12.0 Å². The van der Waals surface area contributed by atoms with Crippen molar-refractivity contribution < 1.29 is 14.6 Å². The lowest BCUT2D eigenvalue weighted by atomic mass is 10.1. The number of hydrogen-bond donors (Lipinski definition) is 2. The zero-order valence-electron chi connectivity index (χ0n) is 10.1. The highest BCUT2D eigenvalue weighted by Gasteiger charge is 2.17. The van der Waals surface area contributed by atoms with Gasteiger partial charge in [-0.05, 0) is 17.7 Å². The van der Waals surface area contributed by atoms with Crippen LogP contribution >= 0.6 is 11.3 Å². The average Bonchev–Trinajstić information content (AvgIpc) is 2.79. The van der Waals surface area contributed by atoms with Crippen LogP contribution in [0.5, 0.6) is 5.75 Å². The Morgan fingerprint density at radius 2 is 2.42 bits per heavy atom. The van der Waals surface area contributed by atoms with Crippen LogP contribution in [0.15, 0.2) is 12.1 Å². The molecule has 1 unspecified atom stereocenters. The molecule has 2 rings (SSSR count). The van der Waals surface area contributed by atoms with Gasteiger partial charge in [-0.25, -0.2) is 4.98 Å². The lowest BCUT2D eigenvalue weighted by Crippen LogP contribution is -2.32. The number of ether oxygens (including phenoxy) is 1. The Labute approximate surface area is 113 Å². The summed E-state index contributed by atoms with van der Waals surface area (Å²) in [6, 6.07) is 4.44. The highest BCUT2D eigenvalue weighted by atomic mass is 32.1. The van der Waals surface area contributed by atoms with E-state index in [-0.39, 0.29) is 6.42 Å². The van der Waals surface area contributed by atoms with Gasteiger partial charge in [-0.15, -0.1) is 11.3 Å². The number of nitrogens with zero attached hydrogens (tertiary/aromatic N) is 2. The number of carboxylic acid groups (broad SMARTS) is 1. The maximum atomic E-state index is 10.8. The van der Waals surface area contributed by atoms with E-state index in [1.807, 2.05) is 6.07 Å². The van der Waals surface area contributed by atoms with E-state index in [2.05, 4.69) is 4.98 Å². The second-order valence-corrected chi connectivity index (χ2v) is 4.94. The first-order chi connectivity index (χ1) is 9.05. The molecule has 1 aromatic carbocycles. The Morgan fingerprint density at radius 3 is 3.00 bits per heavy atom. The minimum atomic E-state index is -1.07. The summed E-state index contributed by atoms with van der Waals surface area (Å²) in [5.74, 6) is -0.518. The van der Waals surface area contributed by atoms with Crippen molar-refractivity contribution in [3.05, 3.63) is 22.7 Å². The lowest BCUT2D eigenvalue weighted by molar-refractivity contribution is -0.138. The van der Waals surface area contributed by atoms with Crippen molar-refractivity contribution in [2.45, 2.75) is 12.5 Å². The molecule has 0 amide bonds. The number of carbonyl (C=O) groups is 1. The Morgan fingerprint density at radius 1 is 1.68 bits per heavy atom. The van der Waals surface area contributed by atoms with Crippen LogP contribution in [0.4, 0.5) is 0 Å². The van der Waals surface area contributed by atoms with Crippen LogP contribution in [-0.4, -0.2) is 29.2 Å². The summed E-state index contributed by atoms with van der Waals surface area (Å²) >= 11 is 1.26. The number of fused-ring (bicyclic) bond motifs is 1. The molecule has 2 aromatic rings. The summed E-state index contributed by atoms with van der Waals surface area (Å²) in [4.78, 5) is 14.9. The number of methoxy groups -OCH3 is 1. The molecule has 0 saturated carbocycles. The van der Waals surface area contributed by atoms with E-state index in [1.54, 1.807) is 12.1 Å². The number of nitriles is 1. The first-order valence-electron chi connectivity index (χ1n) is 5.41. The van der Waals surface area contributed by atoms with Crippen molar-refractivity contribution in [2.75, 3.05) is 7.11 Å². The molecule has 1 atom stereocenters. The molecule has 19 heavy (non-hydrogen) atoms. The van der Waals surface area contributed by atoms with Crippen molar-refractivity contribution in [3.8, 4) is 11.8 Å². The van der Waals surface area contributed by atoms with E-state index in [4.69, 9.17) is 20.8 Å². The number of nitrogens with two attached hydrogens (primary N) is 1. The highest BCUT2D eigenvalue weighted by molar-refractivity contribution is 7.19. The fraction of sp³-hybridized carbons (Fsp3) is 0.250. The molecule has 0 aliphatic rings. The summed E-state index contributed by atoms with van der Waals surface area (Å²) in [6.45, 7) is 0. The minimum Gasteiger partial charge on any atom is -0.496 e. The van der Waals surface area contributed by atoms with Gasteiger partial charge in [0.15, 0.2) is 5.01 Å². The lowest BCUT2D eigenvalue weighted by Gasteiger charge is -2.11. The summed E-state index contributed by atoms with van der Waals surface area (Å²) in [5, 5.41) is 18.0. The Kier molecular flexibility index (Phi) is 3.64. The minimum absolute atomic E-state index is 0.147. The van der Waals surface area contributed by atoms with Crippen LogP contribution in [-0.2, 0) is 11.2 Å². The number of rotatable bonds is 4. The maximum Gasteiger partial charge on any atom is 0.320 e. The summed E-state index contributed by atoms with van der Waals surface area (Å²) in [7, 11) is 1.50. The Balaban J connectivity index is 2.47. The monoisotopic (exact) mass is 277 g/mol. The van der Waals surface area contributed by atoms with Crippen molar-refractivity contribution in [2.24, 2.45) is 5.73 Å². The molecule has 6 nitrogen and oxygen atoms in total. The summed E-state index contributed by atoms with van der Waals surface area (Å²) < 4.78 is 6.04. The molecule has 3 N–H and O–H groups in total. The number of hydrogen-bond acceptors (Lipinski definition) is 6. The van der Waals surface area contributed by atoms with Crippen LogP contribution in [0.3, 0.4) is 0 Å². The van der Waals surface area contributed by atoms with Gasteiger partial charge in [-0.2, -0.15) is 5.26 Å². The Hall–Kier alpha value is -2.17. The van der Waals surface area contributed by atoms with Gasteiger partial charge in [0.05, 0.1) is 17.3 Å². The van der Waals surface area contributed by atoms with Crippen LogP contribution in [0.2, 0.25) is 0 Å². The number of benzene rings is 1. The molecule has 1 aromatic heterocycles. The molecule has 0 fully saturated rings. The van der Waals surface area contributed by atoms with Gasteiger partial charge >= 0.3 is 5.97 Å². The molecule has 0 aliphatic heterocycles. The molecule has 0 saturated heterocycles. The normalized spacial score (nSPS) is 12.1. The number of carboxylic acids is 1. The molecule has 0 radical (unpaired) electrons.